The second-order valence-electron chi connectivity index (χ2n) is 3.40. The van der Waals surface area contributed by atoms with Gasteiger partial charge in [-0.2, -0.15) is 0 Å². The lowest BCUT2D eigenvalue weighted by Gasteiger charge is -2.16. The number of hydrogen-bond acceptors (Lipinski definition) is 6. The first kappa shape index (κ1) is 12.5. The topological polar surface area (TPSA) is 123 Å². The van der Waals surface area contributed by atoms with Crippen molar-refractivity contribution in [2.75, 3.05) is 6.54 Å². The van der Waals surface area contributed by atoms with E-state index in [1.165, 1.54) is 6.07 Å². The van der Waals surface area contributed by atoms with Crippen molar-refractivity contribution in [1.82, 2.24) is 4.98 Å². The normalized spacial score (nSPS) is 14.5. The van der Waals surface area contributed by atoms with Gasteiger partial charge < -0.3 is 15.9 Å². The van der Waals surface area contributed by atoms with Crippen molar-refractivity contribution in [3.63, 3.8) is 0 Å². The quantitative estimate of drug-likeness (QED) is 0.477. The number of aliphatic hydroxyl groups is 2. The summed E-state index contributed by atoms with van der Waals surface area (Å²) in [4.78, 5) is 13.6. The average Bonchev–Trinajstić information content (AvgIpc) is 2.26. The maximum atomic E-state index is 10.5. The van der Waals surface area contributed by atoms with Crippen LogP contribution in [0.4, 0.5) is 5.69 Å². The number of rotatable bonds is 4. The molecule has 88 valence electrons. The summed E-state index contributed by atoms with van der Waals surface area (Å²) in [6, 6.07) is 1.29. The van der Waals surface area contributed by atoms with Crippen molar-refractivity contribution >= 4 is 5.69 Å². The Kier molecular flexibility index (Phi) is 3.88. The average molecular weight is 227 g/mol. The van der Waals surface area contributed by atoms with Gasteiger partial charge in [-0.1, -0.05) is 0 Å². The van der Waals surface area contributed by atoms with Crippen LogP contribution in [0.25, 0.3) is 0 Å². The lowest BCUT2D eigenvalue weighted by Crippen LogP contribution is -2.28. The first-order valence-corrected chi connectivity index (χ1v) is 4.64. The highest BCUT2D eigenvalue weighted by molar-refractivity contribution is 5.34. The number of nitrogens with two attached hydrogens (primary N) is 1. The standard InChI is InChI=1S/C9H13N3O4/c1-5-2-6(12(15)16)4-11-8(5)9(14)7(13)3-10/h2,4,7,9,13-14H,3,10H2,1H3. The van der Waals surface area contributed by atoms with E-state index in [-0.39, 0.29) is 17.9 Å². The molecule has 1 aromatic heterocycles. The van der Waals surface area contributed by atoms with E-state index in [0.717, 1.165) is 6.20 Å². The summed E-state index contributed by atoms with van der Waals surface area (Å²) in [5.74, 6) is 0. The predicted octanol–water partition coefficient (Wildman–Crippen LogP) is -0.349. The molecule has 7 nitrogen and oxygen atoms in total. The molecule has 0 saturated heterocycles. The zero-order chi connectivity index (χ0) is 12.3. The van der Waals surface area contributed by atoms with Crippen LogP contribution in [0.3, 0.4) is 0 Å². The van der Waals surface area contributed by atoms with Gasteiger partial charge in [0.15, 0.2) is 0 Å². The van der Waals surface area contributed by atoms with Crippen LogP contribution in [0.5, 0.6) is 0 Å². The number of aromatic nitrogens is 1. The summed E-state index contributed by atoms with van der Waals surface area (Å²) in [5.41, 5.74) is 5.67. The maximum absolute atomic E-state index is 10.5. The summed E-state index contributed by atoms with van der Waals surface area (Å²) in [6.07, 6.45) is -1.33. The van der Waals surface area contributed by atoms with Crippen molar-refractivity contribution in [3.05, 3.63) is 33.6 Å². The maximum Gasteiger partial charge on any atom is 0.287 e. The number of nitro groups is 1. The summed E-state index contributed by atoms with van der Waals surface area (Å²) < 4.78 is 0. The highest BCUT2D eigenvalue weighted by Gasteiger charge is 2.21. The molecule has 0 radical (unpaired) electrons. The molecule has 7 heteroatoms. The molecule has 2 atom stereocenters. The molecule has 0 saturated carbocycles. The summed E-state index contributed by atoms with van der Waals surface area (Å²) >= 11 is 0. The summed E-state index contributed by atoms with van der Waals surface area (Å²) in [6.45, 7) is 1.46. The minimum Gasteiger partial charge on any atom is -0.389 e. The molecule has 1 rings (SSSR count). The molecule has 0 aliphatic rings. The zero-order valence-corrected chi connectivity index (χ0v) is 8.70. The highest BCUT2D eigenvalue weighted by atomic mass is 16.6. The number of pyridine rings is 1. The second kappa shape index (κ2) is 4.97. The molecule has 1 heterocycles. The lowest BCUT2D eigenvalue weighted by atomic mass is 10.1. The van der Waals surface area contributed by atoms with Crippen molar-refractivity contribution in [1.29, 1.82) is 0 Å². The van der Waals surface area contributed by atoms with E-state index in [1.807, 2.05) is 0 Å². The van der Waals surface area contributed by atoms with Crippen LogP contribution in [0.15, 0.2) is 12.3 Å². The fourth-order valence-corrected chi connectivity index (χ4v) is 1.29. The van der Waals surface area contributed by atoms with Gasteiger partial charge >= 0.3 is 0 Å². The van der Waals surface area contributed by atoms with Crippen molar-refractivity contribution in [2.24, 2.45) is 5.73 Å². The number of hydrogen-bond donors (Lipinski definition) is 3. The van der Waals surface area contributed by atoms with Crippen LogP contribution >= 0.6 is 0 Å². The smallest absolute Gasteiger partial charge is 0.287 e. The Morgan fingerprint density at radius 1 is 1.62 bits per heavy atom. The predicted molar refractivity (Wildman–Crippen MR) is 55.6 cm³/mol. The van der Waals surface area contributed by atoms with Gasteiger partial charge in [-0.25, -0.2) is 0 Å². The molecule has 0 amide bonds. The third-order valence-corrected chi connectivity index (χ3v) is 2.20. The van der Waals surface area contributed by atoms with E-state index >= 15 is 0 Å². The highest BCUT2D eigenvalue weighted by Crippen LogP contribution is 2.21. The van der Waals surface area contributed by atoms with E-state index in [9.17, 15) is 20.3 Å². The van der Waals surface area contributed by atoms with E-state index in [2.05, 4.69) is 4.98 Å². The zero-order valence-electron chi connectivity index (χ0n) is 8.70. The Balaban J connectivity index is 3.03. The first-order chi connectivity index (χ1) is 7.47. The fraction of sp³-hybridized carbons (Fsp3) is 0.444. The van der Waals surface area contributed by atoms with Gasteiger partial charge in [0.05, 0.1) is 16.7 Å². The van der Waals surface area contributed by atoms with Gasteiger partial charge in [0.2, 0.25) is 0 Å². The molecule has 2 unspecified atom stereocenters. The fourth-order valence-electron chi connectivity index (χ4n) is 1.29. The van der Waals surface area contributed by atoms with Gasteiger partial charge in [0, 0.05) is 12.6 Å². The van der Waals surface area contributed by atoms with Crippen LogP contribution < -0.4 is 5.73 Å². The molecule has 0 fully saturated rings. The Bertz CT molecular complexity index is 396. The molecule has 0 spiro atoms. The van der Waals surface area contributed by atoms with E-state index in [1.54, 1.807) is 6.92 Å². The largest absolute Gasteiger partial charge is 0.389 e. The van der Waals surface area contributed by atoms with Gasteiger partial charge in [0.1, 0.15) is 12.3 Å². The van der Waals surface area contributed by atoms with Crippen LogP contribution in [0, 0.1) is 17.0 Å². The molecule has 0 bridgehead atoms. The van der Waals surface area contributed by atoms with Crippen LogP contribution in [-0.2, 0) is 0 Å². The molecule has 0 aliphatic heterocycles. The van der Waals surface area contributed by atoms with Gasteiger partial charge in [-0.05, 0) is 12.5 Å². The van der Waals surface area contributed by atoms with Gasteiger partial charge in [0.25, 0.3) is 5.69 Å². The third-order valence-electron chi connectivity index (χ3n) is 2.20. The van der Waals surface area contributed by atoms with Crippen LogP contribution in [0.2, 0.25) is 0 Å². The molecule has 16 heavy (non-hydrogen) atoms. The summed E-state index contributed by atoms with van der Waals surface area (Å²) in [5, 5.41) is 29.4. The minimum absolute atomic E-state index is 0.112. The number of aliphatic hydroxyl groups excluding tert-OH is 2. The lowest BCUT2D eigenvalue weighted by molar-refractivity contribution is -0.385. The monoisotopic (exact) mass is 227 g/mol. The molecule has 4 N–H and O–H groups in total. The molecule has 1 aromatic rings. The van der Waals surface area contributed by atoms with Gasteiger partial charge in [-0.3, -0.25) is 15.1 Å². The first-order valence-electron chi connectivity index (χ1n) is 4.64. The number of aryl methyl sites for hydroxylation is 1. The third kappa shape index (κ3) is 2.51. The molecular weight excluding hydrogens is 214 g/mol. The second-order valence-corrected chi connectivity index (χ2v) is 3.40. The van der Waals surface area contributed by atoms with E-state index in [0.29, 0.717) is 5.56 Å². The Hall–Kier alpha value is -1.57. The molecular formula is C9H13N3O4. The summed E-state index contributed by atoms with van der Waals surface area (Å²) in [7, 11) is 0. The SMILES string of the molecule is Cc1cc([N+](=O)[O-])cnc1C(O)C(O)CN. The molecule has 0 aliphatic carbocycles. The van der Waals surface area contributed by atoms with Crippen molar-refractivity contribution in [2.45, 2.75) is 19.1 Å². The Labute approximate surface area is 91.7 Å². The molecule has 0 aromatic carbocycles. The van der Waals surface area contributed by atoms with Gasteiger partial charge in [-0.15, -0.1) is 0 Å². The van der Waals surface area contributed by atoms with Crippen LogP contribution in [-0.4, -0.2) is 32.8 Å². The van der Waals surface area contributed by atoms with Crippen molar-refractivity contribution < 1.29 is 15.1 Å². The van der Waals surface area contributed by atoms with E-state index < -0.39 is 17.1 Å². The Morgan fingerprint density at radius 2 is 2.25 bits per heavy atom. The number of nitrogens with zero attached hydrogens (tertiary/aromatic N) is 2. The van der Waals surface area contributed by atoms with Crippen LogP contribution in [0.1, 0.15) is 17.4 Å². The van der Waals surface area contributed by atoms with E-state index in [4.69, 9.17) is 5.73 Å². The Morgan fingerprint density at radius 3 is 2.69 bits per heavy atom. The van der Waals surface area contributed by atoms with Crippen molar-refractivity contribution in [3.8, 4) is 0 Å². The minimum atomic E-state index is -1.23.